The Bertz CT molecular complexity index is 559. The Hall–Kier alpha value is -0.910. The minimum atomic E-state index is -3.37. The molecule has 1 aliphatic rings. The number of nitrogens with zero attached hydrogens (tertiary/aromatic N) is 1. The molecule has 1 N–H and O–H groups in total. The van der Waals surface area contributed by atoms with Crippen molar-refractivity contribution in [1.82, 2.24) is 9.62 Å². The molecule has 2 atom stereocenters. The Labute approximate surface area is 115 Å². The largest absolute Gasteiger partial charge is 0.309 e. The van der Waals surface area contributed by atoms with Crippen LogP contribution in [0.4, 0.5) is 0 Å². The fourth-order valence-corrected chi connectivity index (χ4v) is 4.20. The van der Waals surface area contributed by atoms with Gasteiger partial charge in [-0.3, -0.25) is 0 Å². The van der Waals surface area contributed by atoms with E-state index in [2.05, 4.69) is 5.32 Å². The van der Waals surface area contributed by atoms with Gasteiger partial charge in [0.1, 0.15) is 0 Å². The Morgan fingerprint density at radius 3 is 2.21 bits per heavy atom. The molecule has 0 saturated carbocycles. The van der Waals surface area contributed by atoms with Gasteiger partial charge >= 0.3 is 0 Å². The van der Waals surface area contributed by atoms with E-state index in [-0.39, 0.29) is 12.1 Å². The predicted molar refractivity (Wildman–Crippen MR) is 76.7 cm³/mol. The van der Waals surface area contributed by atoms with E-state index in [1.807, 2.05) is 33.8 Å². The Kier molecular flexibility index (Phi) is 3.99. The molecular weight excluding hydrogens is 260 g/mol. The molecule has 1 aromatic rings. The lowest BCUT2D eigenvalue weighted by Gasteiger charge is -2.35. The predicted octanol–water partition coefficient (Wildman–Crippen LogP) is 1.67. The average molecular weight is 282 g/mol. The second kappa shape index (κ2) is 5.23. The van der Waals surface area contributed by atoms with Crippen molar-refractivity contribution in [3.8, 4) is 0 Å². The van der Waals surface area contributed by atoms with E-state index < -0.39 is 10.0 Å². The van der Waals surface area contributed by atoms with Crippen molar-refractivity contribution in [2.24, 2.45) is 0 Å². The number of hydrogen-bond acceptors (Lipinski definition) is 3. The highest BCUT2D eigenvalue weighted by Gasteiger charge is 2.31. The minimum Gasteiger partial charge on any atom is -0.309 e. The number of sulfonamides is 1. The van der Waals surface area contributed by atoms with Crippen LogP contribution in [-0.4, -0.2) is 37.9 Å². The van der Waals surface area contributed by atoms with Crippen LogP contribution in [0.2, 0.25) is 0 Å². The summed E-state index contributed by atoms with van der Waals surface area (Å²) in [4.78, 5) is 0.400. The first-order valence-corrected chi connectivity index (χ1v) is 8.08. The summed E-state index contributed by atoms with van der Waals surface area (Å²) in [5.41, 5.74) is 2.12. The normalized spacial score (nSPS) is 25.5. The quantitative estimate of drug-likeness (QED) is 0.898. The lowest BCUT2D eigenvalue weighted by Crippen LogP contribution is -2.55. The molecule has 0 spiro atoms. The van der Waals surface area contributed by atoms with Crippen LogP contribution in [0.15, 0.2) is 23.1 Å². The van der Waals surface area contributed by atoms with Crippen LogP contribution in [0.3, 0.4) is 0 Å². The van der Waals surface area contributed by atoms with Crippen molar-refractivity contribution in [3.05, 3.63) is 29.3 Å². The van der Waals surface area contributed by atoms with Crippen molar-refractivity contribution in [1.29, 1.82) is 0 Å². The number of rotatable bonds is 2. The zero-order valence-corrected chi connectivity index (χ0v) is 12.8. The van der Waals surface area contributed by atoms with Gasteiger partial charge in [-0.1, -0.05) is 6.07 Å². The Balaban J connectivity index is 2.33. The topological polar surface area (TPSA) is 49.4 Å². The van der Waals surface area contributed by atoms with Gasteiger partial charge in [0.15, 0.2) is 0 Å². The van der Waals surface area contributed by atoms with Gasteiger partial charge in [0.2, 0.25) is 10.0 Å². The van der Waals surface area contributed by atoms with Crippen LogP contribution in [0.1, 0.15) is 25.0 Å². The third-order valence-corrected chi connectivity index (χ3v) is 5.47. The maximum absolute atomic E-state index is 12.6. The molecule has 4 nitrogen and oxygen atoms in total. The van der Waals surface area contributed by atoms with Crippen LogP contribution in [0, 0.1) is 13.8 Å². The molecule has 0 aromatic heterocycles. The van der Waals surface area contributed by atoms with Gasteiger partial charge in [-0.15, -0.1) is 0 Å². The van der Waals surface area contributed by atoms with Crippen LogP contribution in [0.5, 0.6) is 0 Å². The molecule has 106 valence electrons. The molecule has 0 radical (unpaired) electrons. The molecule has 1 saturated heterocycles. The third kappa shape index (κ3) is 2.99. The van der Waals surface area contributed by atoms with Gasteiger partial charge < -0.3 is 5.32 Å². The summed E-state index contributed by atoms with van der Waals surface area (Å²) in [5, 5.41) is 3.35. The summed E-state index contributed by atoms with van der Waals surface area (Å²) in [6.07, 6.45) is 0. The number of hydrogen-bond donors (Lipinski definition) is 1. The van der Waals surface area contributed by atoms with Crippen molar-refractivity contribution in [2.75, 3.05) is 13.1 Å². The Morgan fingerprint density at radius 1 is 1.11 bits per heavy atom. The number of piperazine rings is 1. The molecule has 1 fully saturated rings. The molecule has 0 bridgehead atoms. The van der Waals surface area contributed by atoms with Gasteiger partial charge in [0.05, 0.1) is 4.90 Å². The first-order valence-electron chi connectivity index (χ1n) is 6.64. The zero-order chi connectivity index (χ0) is 14.2. The molecule has 2 unspecified atom stereocenters. The highest BCUT2D eigenvalue weighted by Crippen LogP contribution is 2.21. The summed E-state index contributed by atoms with van der Waals surface area (Å²) in [7, 11) is -3.37. The van der Waals surface area contributed by atoms with Gasteiger partial charge in [-0.25, -0.2) is 8.42 Å². The second-order valence-corrected chi connectivity index (χ2v) is 7.47. The molecule has 2 rings (SSSR count). The lowest BCUT2D eigenvalue weighted by atomic mass is 10.1. The molecule has 1 aromatic carbocycles. The zero-order valence-electron chi connectivity index (χ0n) is 12.0. The van der Waals surface area contributed by atoms with Crippen LogP contribution < -0.4 is 5.32 Å². The summed E-state index contributed by atoms with van der Waals surface area (Å²) in [6, 6.07) is 5.71. The molecule has 0 aliphatic carbocycles. The monoisotopic (exact) mass is 282 g/mol. The van der Waals surface area contributed by atoms with Crippen molar-refractivity contribution in [2.45, 2.75) is 44.7 Å². The van der Waals surface area contributed by atoms with E-state index in [0.29, 0.717) is 18.0 Å². The lowest BCUT2D eigenvalue weighted by molar-refractivity contribution is 0.263. The highest BCUT2D eigenvalue weighted by atomic mass is 32.2. The molecule has 1 aliphatic heterocycles. The van der Waals surface area contributed by atoms with E-state index in [4.69, 9.17) is 0 Å². The van der Waals surface area contributed by atoms with Gasteiger partial charge in [0, 0.05) is 25.2 Å². The van der Waals surface area contributed by atoms with Gasteiger partial charge in [-0.05, 0) is 51.0 Å². The van der Waals surface area contributed by atoms with Crippen molar-refractivity contribution in [3.63, 3.8) is 0 Å². The summed E-state index contributed by atoms with van der Waals surface area (Å²) in [6.45, 7) is 9.01. The minimum absolute atomic E-state index is 0.185. The molecule has 1 heterocycles. The molecular formula is C14H22N2O2S. The van der Waals surface area contributed by atoms with Crippen molar-refractivity contribution >= 4 is 10.0 Å². The first-order chi connectivity index (χ1) is 8.80. The van der Waals surface area contributed by atoms with Crippen LogP contribution >= 0.6 is 0 Å². The smallest absolute Gasteiger partial charge is 0.243 e. The summed E-state index contributed by atoms with van der Waals surface area (Å²) >= 11 is 0. The van der Waals surface area contributed by atoms with E-state index >= 15 is 0 Å². The molecule has 0 amide bonds. The van der Waals surface area contributed by atoms with Gasteiger partial charge in [0.25, 0.3) is 0 Å². The Morgan fingerprint density at radius 2 is 1.68 bits per heavy atom. The van der Waals surface area contributed by atoms with E-state index in [0.717, 1.165) is 11.1 Å². The summed E-state index contributed by atoms with van der Waals surface area (Å²) in [5.74, 6) is 0. The maximum Gasteiger partial charge on any atom is 0.243 e. The number of aryl methyl sites for hydroxylation is 2. The van der Waals surface area contributed by atoms with Crippen molar-refractivity contribution < 1.29 is 8.42 Å². The fourth-order valence-electron chi connectivity index (χ4n) is 2.50. The third-order valence-electron chi connectivity index (χ3n) is 3.64. The van der Waals surface area contributed by atoms with Crippen LogP contribution in [0.25, 0.3) is 0 Å². The number of benzene rings is 1. The second-order valence-electron chi connectivity index (χ2n) is 5.54. The number of nitrogens with one attached hydrogen (secondary N) is 1. The summed E-state index contributed by atoms with van der Waals surface area (Å²) < 4.78 is 26.9. The fraction of sp³-hybridized carbons (Fsp3) is 0.571. The highest BCUT2D eigenvalue weighted by molar-refractivity contribution is 7.89. The molecule has 5 heteroatoms. The van der Waals surface area contributed by atoms with Crippen LogP contribution in [-0.2, 0) is 10.0 Å². The SMILES string of the molecule is Cc1ccc(S(=O)(=O)N2CC(C)NC(C)C2)cc1C. The average Bonchev–Trinajstić information content (AvgIpc) is 2.31. The molecule has 19 heavy (non-hydrogen) atoms. The van der Waals surface area contributed by atoms with E-state index in [9.17, 15) is 8.42 Å². The first kappa shape index (κ1) is 14.5. The van der Waals surface area contributed by atoms with E-state index in [1.165, 1.54) is 0 Å². The maximum atomic E-state index is 12.6. The van der Waals surface area contributed by atoms with E-state index in [1.54, 1.807) is 16.4 Å². The standard InChI is InChI=1S/C14H22N2O2S/c1-10-5-6-14(7-11(10)2)19(17,18)16-8-12(3)15-13(4)9-16/h5-7,12-13,15H,8-9H2,1-4H3. The van der Waals surface area contributed by atoms with Gasteiger partial charge in [-0.2, -0.15) is 4.31 Å².